The van der Waals surface area contributed by atoms with Gasteiger partial charge in [0.05, 0.1) is 0 Å². The van der Waals surface area contributed by atoms with Gasteiger partial charge in [0.15, 0.2) is 6.10 Å². The second-order valence-electron chi connectivity index (χ2n) is 5.98. The fraction of sp³-hybridized carbons (Fsp3) is 0.250. The maximum Gasteiger partial charge on any atom is 0.326 e. The molecule has 0 aliphatic heterocycles. The molecule has 0 aliphatic carbocycles. The number of carbonyl (C=O) groups excluding carboxylic acids is 3. The van der Waals surface area contributed by atoms with E-state index in [0.717, 1.165) is 23.3 Å². The highest BCUT2D eigenvalue weighted by Crippen LogP contribution is 2.10. The molecular formula is C20H20FNO4. The number of Topliss-reactive ketones (excluding diaryl/α,β-unsaturated/α-hetero) is 1. The van der Waals surface area contributed by atoms with Crippen molar-refractivity contribution < 1.29 is 23.5 Å². The van der Waals surface area contributed by atoms with Crippen LogP contribution in [0.4, 0.5) is 4.39 Å². The standard InChI is InChI=1S/C20H20FNO4/c1-12-4-5-16(10-13(12)2)20(25)22-11-18(23)26-14(3)19(24)15-6-8-17(21)9-7-15/h4-10,14H,11H2,1-3H3,(H,22,25)/t14-/m1/s1. The molecule has 1 N–H and O–H groups in total. The predicted octanol–water partition coefficient (Wildman–Crippen LogP) is 2.99. The van der Waals surface area contributed by atoms with Crippen LogP contribution in [-0.2, 0) is 9.53 Å². The van der Waals surface area contributed by atoms with Crippen molar-refractivity contribution >= 4 is 17.7 Å². The van der Waals surface area contributed by atoms with Gasteiger partial charge in [0.25, 0.3) is 5.91 Å². The van der Waals surface area contributed by atoms with Crippen molar-refractivity contribution in [2.75, 3.05) is 6.54 Å². The Balaban J connectivity index is 1.87. The summed E-state index contributed by atoms with van der Waals surface area (Å²) in [5, 5.41) is 2.46. The summed E-state index contributed by atoms with van der Waals surface area (Å²) in [6.45, 7) is 4.90. The average Bonchev–Trinajstić information content (AvgIpc) is 2.62. The van der Waals surface area contributed by atoms with E-state index in [9.17, 15) is 18.8 Å². The van der Waals surface area contributed by atoms with E-state index in [1.54, 1.807) is 12.1 Å². The molecule has 0 radical (unpaired) electrons. The number of halogens is 1. The van der Waals surface area contributed by atoms with Crippen molar-refractivity contribution in [1.82, 2.24) is 5.32 Å². The minimum absolute atomic E-state index is 0.242. The van der Waals surface area contributed by atoms with Crippen LogP contribution in [0.15, 0.2) is 42.5 Å². The van der Waals surface area contributed by atoms with E-state index in [1.165, 1.54) is 19.1 Å². The Morgan fingerprint density at radius 1 is 1.00 bits per heavy atom. The third-order valence-corrected chi connectivity index (χ3v) is 3.97. The van der Waals surface area contributed by atoms with Gasteiger partial charge >= 0.3 is 5.97 Å². The number of hydrogen-bond donors (Lipinski definition) is 1. The van der Waals surface area contributed by atoms with Gasteiger partial charge in [-0.25, -0.2) is 4.39 Å². The first-order chi connectivity index (χ1) is 12.3. The van der Waals surface area contributed by atoms with Crippen LogP contribution in [0.25, 0.3) is 0 Å². The molecule has 136 valence electrons. The first-order valence-corrected chi connectivity index (χ1v) is 8.12. The smallest absolute Gasteiger partial charge is 0.326 e. The van der Waals surface area contributed by atoms with Crippen LogP contribution in [0.5, 0.6) is 0 Å². The van der Waals surface area contributed by atoms with Gasteiger partial charge in [-0.05, 0) is 68.3 Å². The summed E-state index contributed by atoms with van der Waals surface area (Å²) >= 11 is 0. The summed E-state index contributed by atoms with van der Waals surface area (Å²) in [4.78, 5) is 36.0. The second-order valence-corrected chi connectivity index (χ2v) is 5.98. The molecule has 6 heteroatoms. The van der Waals surface area contributed by atoms with Crippen molar-refractivity contribution in [1.29, 1.82) is 0 Å². The fourth-order valence-electron chi connectivity index (χ4n) is 2.28. The third kappa shape index (κ3) is 4.99. The molecule has 0 saturated heterocycles. The van der Waals surface area contributed by atoms with Crippen molar-refractivity contribution in [3.05, 3.63) is 70.5 Å². The molecule has 0 fully saturated rings. The number of ether oxygens (including phenoxy) is 1. The molecule has 1 atom stereocenters. The first kappa shape index (κ1) is 19.3. The largest absolute Gasteiger partial charge is 0.453 e. The van der Waals surface area contributed by atoms with Crippen molar-refractivity contribution in [2.45, 2.75) is 26.9 Å². The molecule has 0 bridgehead atoms. The molecule has 2 aromatic carbocycles. The molecule has 0 spiro atoms. The molecule has 0 heterocycles. The van der Waals surface area contributed by atoms with Gasteiger partial charge in [0, 0.05) is 11.1 Å². The number of benzene rings is 2. The summed E-state index contributed by atoms with van der Waals surface area (Å²) in [6, 6.07) is 10.2. The van der Waals surface area contributed by atoms with E-state index in [2.05, 4.69) is 5.32 Å². The number of amides is 1. The molecule has 5 nitrogen and oxygen atoms in total. The lowest BCUT2D eigenvalue weighted by Gasteiger charge is -2.13. The van der Waals surface area contributed by atoms with E-state index < -0.39 is 29.6 Å². The lowest BCUT2D eigenvalue weighted by molar-refractivity contribution is -0.145. The number of hydrogen-bond acceptors (Lipinski definition) is 4. The molecule has 0 unspecified atom stereocenters. The number of nitrogens with one attached hydrogen (secondary N) is 1. The van der Waals surface area contributed by atoms with Crippen molar-refractivity contribution in [3.63, 3.8) is 0 Å². The van der Waals surface area contributed by atoms with E-state index in [-0.39, 0.29) is 12.1 Å². The van der Waals surface area contributed by atoms with E-state index in [1.807, 2.05) is 19.9 Å². The highest BCUT2D eigenvalue weighted by molar-refractivity contribution is 6.00. The van der Waals surface area contributed by atoms with Crippen LogP contribution >= 0.6 is 0 Å². The number of ketones is 1. The SMILES string of the molecule is Cc1ccc(C(=O)NCC(=O)O[C@H](C)C(=O)c2ccc(F)cc2)cc1C. The van der Waals surface area contributed by atoms with Gasteiger partial charge in [0.1, 0.15) is 12.4 Å². The zero-order valence-corrected chi connectivity index (χ0v) is 14.8. The van der Waals surface area contributed by atoms with Gasteiger partial charge in [0.2, 0.25) is 5.78 Å². The Bertz CT molecular complexity index is 830. The average molecular weight is 357 g/mol. The minimum Gasteiger partial charge on any atom is -0.453 e. The van der Waals surface area contributed by atoms with Crippen molar-refractivity contribution in [2.24, 2.45) is 0 Å². The summed E-state index contributed by atoms with van der Waals surface area (Å²) < 4.78 is 17.9. The third-order valence-electron chi connectivity index (χ3n) is 3.97. The molecule has 26 heavy (non-hydrogen) atoms. The Labute approximate surface area is 151 Å². The first-order valence-electron chi connectivity index (χ1n) is 8.12. The maximum absolute atomic E-state index is 12.9. The topological polar surface area (TPSA) is 72.5 Å². The van der Waals surface area contributed by atoms with Gasteiger partial charge in [-0.15, -0.1) is 0 Å². The van der Waals surface area contributed by atoms with E-state index >= 15 is 0 Å². The Hall–Kier alpha value is -3.02. The minimum atomic E-state index is -1.04. The number of rotatable bonds is 6. The van der Waals surface area contributed by atoms with E-state index in [4.69, 9.17) is 4.74 Å². The zero-order chi connectivity index (χ0) is 19.3. The second kappa shape index (κ2) is 8.38. The van der Waals surface area contributed by atoms with Crippen LogP contribution in [0.1, 0.15) is 38.8 Å². The highest BCUT2D eigenvalue weighted by atomic mass is 19.1. The van der Waals surface area contributed by atoms with Crippen LogP contribution in [0.3, 0.4) is 0 Å². The van der Waals surface area contributed by atoms with Gasteiger partial charge < -0.3 is 10.1 Å². The Kier molecular flexibility index (Phi) is 6.22. The monoisotopic (exact) mass is 357 g/mol. The normalized spacial score (nSPS) is 11.5. The van der Waals surface area contributed by atoms with Gasteiger partial charge in [-0.2, -0.15) is 0 Å². The molecule has 1 amide bonds. The number of esters is 1. The number of aryl methyl sites for hydroxylation is 2. The quantitative estimate of drug-likeness (QED) is 0.637. The molecule has 2 rings (SSSR count). The lowest BCUT2D eigenvalue weighted by Crippen LogP contribution is -2.34. The zero-order valence-electron chi connectivity index (χ0n) is 14.8. The summed E-state index contributed by atoms with van der Waals surface area (Å²) in [5.74, 6) is -2.04. The summed E-state index contributed by atoms with van der Waals surface area (Å²) in [6.07, 6.45) is -1.04. The van der Waals surface area contributed by atoms with Crippen LogP contribution in [-0.4, -0.2) is 30.3 Å². The van der Waals surface area contributed by atoms with Gasteiger partial charge in [-0.1, -0.05) is 6.07 Å². The highest BCUT2D eigenvalue weighted by Gasteiger charge is 2.20. The number of carbonyl (C=O) groups is 3. The van der Waals surface area contributed by atoms with Gasteiger partial charge in [-0.3, -0.25) is 14.4 Å². The Morgan fingerprint density at radius 2 is 1.62 bits per heavy atom. The molecule has 0 aliphatic rings. The Morgan fingerprint density at radius 3 is 2.23 bits per heavy atom. The van der Waals surface area contributed by atoms with Crippen LogP contribution in [0, 0.1) is 19.7 Å². The van der Waals surface area contributed by atoms with E-state index in [0.29, 0.717) is 5.56 Å². The fourth-order valence-corrected chi connectivity index (χ4v) is 2.28. The summed E-state index contributed by atoms with van der Waals surface area (Å²) in [5.41, 5.74) is 2.72. The molecule has 0 aromatic heterocycles. The van der Waals surface area contributed by atoms with Crippen molar-refractivity contribution in [3.8, 4) is 0 Å². The summed E-state index contributed by atoms with van der Waals surface area (Å²) in [7, 11) is 0. The maximum atomic E-state index is 12.9. The molecular weight excluding hydrogens is 337 g/mol. The lowest BCUT2D eigenvalue weighted by atomic mass is 10.1. The van der Waals surface area contributed by atoms with Crippen LogP contribution in [0.2, 0.25) is 0 Å². The molecule has 0 saturated carbocycles. The molecule has 2 aromatic rings. The van der Waals surface area contributed by atoms with Crippen LogP contribution < -0.4 is 5.32 Å². The predicted molar refractivity (Wildman–Crippen MR) is 94.5 cm³/mol.